The SMILES string of the molecule is CCC(=O)Nc1nc2cc(NC(=O)Nc3cc(Cl)ccc3OC)ccc2s1. The lowest BCUT2D eigenvalue weighted by molar-refractivity contribution is -0.115. The summed E-state index contributed by atoms with van der Waals surface area (Å²) in [6.07, 6.45) is 0.385. The van der Waals surface area contributed by atoms with E-state index in [4.69, 9.17) is 16.3 Å². The van der Waals surface area contributed by atoms with E-state index in [1.807, 2.05) is 6.07 Å². The Balaban J connectivity index is 1.73. The van der Waals surface area contributed by atoms with Crippen molar-refractivity contribution in [3.63, 3.8) is 0 Å². The number of halogens is 1. The van der Waals surface area contributed by atoms with Crippen molar-refractivity contribution in [3.8, 4) is 5.75 Å². The molecule has 1 heterocycles. The summed E-state index contributed by atoms with van der Waals surface area (Å²) in [5.41, 5.74) is 1.71. The molecule has 0 radical (unpaired) electrons. The second-order valence-corrected chi connectivity index (χ2v) is 6.99. The van der Waals surface area contributed by atoms with Gasteiger partial charge in [0.1, 0.15) is 5.75 Å². The average molecular weight is 405 g/mol. The predicted molar refractivity (Wildman–Crippen MR) is 109 cm³/mol. The molecule has 3 aromatic rings. The molecule has 0 fully saturated rings. The van der Waals surface area contributed by atoms with Gasteiger partial charge in [-0.25, -0.2) is 9.78 Å². The number of nitrogens with zero attached hydrogens (tertiary/aromatic N) is 1. The second-order valence-electron chi connectivity index (χ2n) is 5.53. The number of thiazole rings is 1. The standard InChI is InChI=1S/C18H17ClN4O3S/c1-3-16(24)23-18-22-13-9-11(5-7-15(13)27-18)20-17(25)21-12-8-10(19)4-6-14(12)26-2/h4-9H,3H2,1-2H3,(H2,20,21,25)(H,22,23,24). The van der Waals surface area contributed by atoms with Crippen molar-refractivity contribution >= 4 is 61.6 Å². The lowest BCUT2D eigenvalue weighted by Crippen LogP contribution is -2.19. The molecule has 0 aliphatic rings. The van der Waals surface area contributed by atoms with Crippen LogP contribution in [-0.4, -0.2) is 24.0 Å². The van der Waals surface area contributed by atoms with Crippen LogP contribution < -0.4 is 20.7 Å². The van der Waals surface area contributed by atoms with Crippen molar-refractivity contribution in [2.75, 3.05) is 23.1 Å². The van der Waals surface area contributed by atoms with Crippen molar-refractivity contribution in [2.24, 2.45) is 0 Å². The van der Waals surface area contributed by atoms with E-state index in [9.17, 15) is 9.59 Å². The summed E-state index contributed by atoms with van der Waals surface area (Å²) in [6, 6.07) is 9.85. The van der Waals surface area contributed by atoms with E-state index in [-0.39, 0.29) is 5.91 Å². The molecule has 3 rings (SSSR count). The summed E-state index contributed by atoms with van der Waals surface area (Å²) in [4.78, 5) is 28.2. The first-order chi connectivity index (χ1) is 13.0. The van der Waals surface area contributed by atoms with Crippen molar-refractivity contribution < 1.29 is 14.3 Å². The lowest BCUT2D eigenvalue weighted by atomic mass is 10.3. The number of benzene rings is 2. The smallest absolute Gasteiger partial charge is 0.323 e. The van der Waals surface area contributed by atoms with Crippen LogP contribution >= 0.6 is 22.9 Å². The minimum Gasteiger partial charge on any atom is -0.495 e. The number of hydrogen-bond donors (Lipinski definition) is 3. The van der Waals surface area contributed by atoms with Crippen LogP contribution in [0, 0.1) is 0 Å². The number of carbonyl (C=O) groups excluding carboxylic acids is 2. The Hall–Kier alpha value is -2.84. The van der Waals surface area contributed by atoms with Crippen molar-refractivity contribution in [1.29, 1.82) is 0 Å². The van der Waals surface area contributed by atoms with Crippen molar-refractivity contribution in [2.45, 2.75) is 13.3 Å². The van der Waals surface area contributed by atoms with Crippen LogP contribution in [0.3, 0.4) is 0 Å². The van der Waals surface area contributed by atoms with Gasteiger partial charge in [0, 0.05) is 17.1 Å². The molecule has 27 heavy (non-hydrogen) atoms. The maximum absolute atomic E-state index is 12.3. The molecule has 1 aromatic heterocycles. The summed E-state index contributed by atoms with van der Waals surface area (Å²) in [5, 5.41) is 9.19. The van der Waals surface area contributed by atoms with Crippen LogP contribution in [0.2, 0.25) is 5.02 Å². The number of urea groups is 1. The Morgan fingerprint density at radius 1 is 1.15 bits per heavy atom. The molecule has 0 saturated carbocycles. The summed E-state index contributed by atoms with van der Waals surface area (Å²) in [5.74, 6) is 0.406. The Bertz CT molecular complexity index is 1010. The zero-order valence-corrected chi connectivity index (χ0v) is 16.2. The van der Waals surface area contributed by atoms with E-state index in [1.54, 1.807) is 37.3 Å². The number of carbonyl (C=O) groups is 2. The molecule has 9 heteroatoms. The van der Waals surface area contributed by atoms with Crippen LogP contribution in [0.1, 0.15) is 13.3 Å². The van der Waals surface area contributed by atoms with Crippen LogP contribution in [0.5, 0.6) is 5.75 Å². The van der Waals surface area contributed by atoms with Crippen LogP contribution in [-0.2, 0) is 4.79 Å². The number of hydrogen-bond acceptors (Lipinski definition) is 5. The molecule has 7 nitrogen and oxygen atoms in total. The molecule has 3 amide bonds. The fourth-order valence-electron chi connectivity index (χ4n) is 2.33. The van der Waals surface area contributed by atoms with E-state index in [1.165, 1.54) is 18.4 Å². The van der Waals surface area contributed by atoms with E-state index in [0.29, 0.717) is 39.2 Å². The first-order valence-corrected chi connectivity index (χ1v) is 9.30. The fourth-order valence-corrected chi connectivity index (χ4v) is 3.36. The lowest BCUT2D eigenvalue weighted by Gasteiger charge is -2.11. The van der Waals surface area contributed by atoms with Gasteiger partial charge in [-0.05, 0) is 36.4 Å². The minimum absolute atomic E-state index is 0.0951. The van der Waals surface area contributed by atoms with E-state index in [2.05, 4.69) is 20.9 Å². The highest BCUT2D eigenvalue weighted by atomic mass is 35.5. The van der Waals surface area contributed by atoms with Gasteiger partial charge in [0.05, 0.1) is 23.0 Å². The summed E-state index contributed by atoms with van der Waals surface area (Å²) >= 11 is 7.34. The zero-order chi connectivity index (χ0) is 19.4. The third kappa shape index (κ3) is 4.66. The van der Waals surface area contributed by atoms with Gasteiger partial charge in [-0.3, -0.25) is 4.79 Å². The predicted octanol–water partition coefficient (Wildman–Crippen LogP) is 4.95. The number of anilines is 3. The number of aromatic nitrogens is 1. The number of methoxy groups -OCH3 is 1. The Morgan fingerprint density at radius 3 is 2.70 bits per heavy atom. The summed E-state index contributed by atoms with van der Waals surface area (Å²) in [7, 11) is 1.51. The maximum atomic E-state index is 12.3. The topological polar surface area (TPSA) is 92.4 Å². The molecule has 0 aliphatic carbocycles. The molecule has 0 spiro atoms. The van der Waals surface area contributed by atoms with Gasteiger partial charge in [-0.15, -0.1) is 0 Å². The number of amides is 3. The number of nitrogens with one attached hydrogen (secondary N) is 3. The van der Waals surface area contributed by atoms with E-state index >= 15 is 0 Å². The molecule has 2 aromatic carbocycles. The van der Waals surface area contributed by atoms with Gasteiger partial charge < -0.3 is 20.7 Å². The normalized spacial score (nSPS) is 10.5. The highest BCUT2D eigenvalue weighted by Gasteiger charge is 2.11. The highest BCUT2D eigenvalue weighted by Crippen LogP contribution is 2.29. The third-order valence-corrected chi connectivity index (χ3v) is 4.81. The molecule has 0 saturated heterocycles. The molecule has 0 atom stereocenters. The molecular weight excluding hydrogens is 388 g/mol. The summed E-state index contributed by atoms with van der Waals surface area (Å²) in [6.45, 7) is 1.78. The number of ether oxygens (including phenoxy) is 1. The molecule has 0 aliphatic heterocycles. The second kappa shape index (κ2) is 8.24. The summed E-state index contributed by atoms with van der Waals surface area (Å²) < 4.78 is 6.11. The third-order valence-electron chi connectivity index (χ3n) is 3.62. The highest BCUT2D eigenvalue weighted by molar-refractivity contribution is 7.22. The average Bonchev–Trinajstić information content (AvgIpc) is 3.03. The Kier molecular flexibility index (Phi) is 5.78. The van der Waals surface area contributed by atoms with Crippen molar-refractivity contribution in [1.82, 2.24) is 4.98 Å². The molecule has 3 N–H and O–H groups in total. The van der Waals surface area contributed by atoms with E-state index in [0.717, 1.165) is 4.70 Å². The minimum atomic E-state index is -0.440. The maximum Gasteiger partial charge on any atom is 0.323 e. The Morgan fingerprint density at radius 2 is 1.96 bits per heavy atom. The quantitative estimate of drug-likeness (QED) is 0.560. The van der Waals surface area contributed by atoms with Crippen LogP contribution in [0.4, 0.5) is 21.3 Å². The van der Waals surface area contributed by atoms with Gasteiger partial charge in [0.25, 0.3) is 0 Å². The molecule has 0 unspecified atom stereocenters. The van der Waals surface area contributed by atoms with Crippen molar-refractivity contribution in [3.05, 3.63) is 41.4 Å². The molecule has 0 bridgehead atoms. The van der Waals surface area contributed by atoms with Gasteiger partial charge in [-0.1, -0.05) is 29.9 Å². The number of rotatable bonds is 5. The van der Waals surface area contributed by atoms with Gasteiger partial charge in [0.15, 0.2) is 5.13 Å². The largest absolute Gasteiger partial charge is 0.495 e. The zero-order valence-electron chi connectivity index (χ0n) is 14.6. The van der Waals surface area contributed by atoms with Gasteiger partial charge in [0.2, 0.25) is 5.91 Å². The first kappa shape index (κ1) is 18.9. The molecule has 140 valence electrons. The first-order valence-electron chi connectivity index (χ1n) is 8.10. The van der Waals surface area contributed by atoms with Crippen LogP contribution in [0.25, 0.3) is 10.2 Å². The van der Waals surface area contributed by atoms with E-state index < -0.39 is 6.03 Å². The van der Waals surface area contributed by atoms with Gasteiger partial charge >= 0.3 is 6.03 Å². The monoisotopic (exact) mass is 404 g/mol. The van der Waals surface area contributed by atoms with Crippen LogP contribution in [0.15, 0.2) is 36.4 Å². The Labute approximate surface area is 164 Å². The fraction of sp³-hybridized carbons (Fsp3) is 0.167. The van der Waals surface area contributed by atoms with Gasteiger partial charge in [-0.2, -0.15) is 0 Å². The molecular formula is C18H17ClN4O3S. The number of fused-ring (bicyclic) bond motifs is 1.